The normalized spacial score (nSPS) is 24.6. The Morgan fingerprint density at radius 2 is 1.21 bits per heavy atom. The molecule has 0 spiro atoms. The van der Waals surface area contributed by atoms with Gasteiger partial charge < -0.3 is 5.73 Å². The lowest BCUT2D eigenvalue weighted by Gasteiger charge is -2.45. The molecule has 0 saturated carbocycles. The molecule has 2 N–H and O–H groups in total. The molecule has 1 aromatic carbocycles. The predicted molar refractivity (Wildman–Crippen MR) is 76.1 cm³/mol. The summed E-state index contributed by atoms with van der Waals surface area (Å²) in [7, 11) is 0. The van der Waals surface area contributed by atoms with Crippen LogP contribution < -0.4 is 5.73 Å². The summed E-state index contributed by atoms with van der Waals surface area (Å²) < 4.78 is 161. The van der Waals surface area contributed by atoms with Gasteiger partial charge in [0.1, 0.15) is 5.92 Å². The third-order valence-corrected chi connectivity index (χ3v) is 4.23. The maximum atomic E-state index is 13.7. The summed E-state index contributed by atoms with van der Waals surface area (Å²) in [4.78, 5) is 0. The molecule has 1 aromatic rings. The third kappa shape index (κ3) is 3.96. The molecule has 2 unspecified atom stereocenters. The van der Waals surface area contributed by atoms with Crippen LogP contribution in [-0.2, 0) is 0 Å². The van der Waals surface area contributed by atoms with E-state index >= 15 is 0 Å². The second kappa shape index (κ2) is 6.67. The fourth-order valence-electron chi connectivity index (χ4n) is 3.07. The summed E-state index contributed by atoms with van der Waals surface area (Å²) in [5.74, 6) is -4.12. The van der Waals surface area contributed by atoms with Crippen LogP contribution in [0.3, 0.4) is 0 Å². The summed E-state index contributed by atoms with van der Waals surface area (Å²) in [6.07, 6.45) is -25.5. The predicted octanol–water partition coefficient (Wildman–Crippen LogP) is 5.94. The first-order valence-corrected chi connectivity index (χ1v) is 7.42. The van der Waals surface area contributed by atoms with Gasteiger partial charge in [0.2, 0.25) is 0 Å². The molecule has 1 aliphatic carbocycles. The minimum Gasteiger partial charge on any atom is -0.313 e. The Balaban J connectivity index is 3.13. The van der Waals surface area contributed by atoms with Crippen molar-refractivity contribution in [3.63, 3.8) is 0 Å². The van der Waals surface area contributed by atoms with Crippen molar-refractivity contribution in [1.29, 1.82) is 0 Å². The van der Waals surface area contributed by atoms with E-state index in [1.54, 1.807) is 0 Å². The molecule has 0 aliphatic heterocycles. The van der Waals surface area contributed by atoms with Gasteiger partial charge in [0.05, 0.1) is 11.1 Å². The van der Waals surface area contributed by atoms with Crippen molar-refractivity contribution in [2.75, 3.05) is 0 Å². The summed E-state index contributed by atoms with van der Waals surface area (Å²) in [5.41, 5.74) is -9.25. The van der Waals surface area contributed by atoms with Gasteiger partial charge in [-0.05, 0) is 5.56 Å². The molecule has 2 rings (SSSR count). The number of benzene rings is 1. The van der Waals surface area contributed by atoms with Gasteiger partial charge in [-0.2, -0.15) is 52.7 Å². The Hall–Kier alpha value is -2.18. The van der Waals surface area contributed by atoms with Crippen LogP contribution in [-0.4, -0.2) is 30.2 Å². The van der Waals surface area contributed by atoms with E-state index in [1.165, 1.54) is 0 Å². The maximum Gasteiger partial charge on any atom is 0.417 e. The monoisotopic (exact) mass is 443 g/mol. The number of hydrogen-bond donors (Lipinski definition) is 1. The van der Waals surface area contributed by atoms with E-state index in [-0.39, 0.29) is 0 Å². The molecular weight excluding hydrogens is 434 g/mol. The number of hydrogen-bond acceptors (Lipinski definition) is 1. The highest BCUT2D eigenvalue weighted by Crippen LogP contribution is 2.58. The van der Waals surface area contributed by atoms with Crippen LogP contribution in [0.4, 0.5) is 52.7 Å². The van der Waals surface area contributed by atoms with Gasteiger partial charge in [0, 0.05) is 5.57 Å². The average molecular weight is 443 g/mol. The minimum absolute atomic E-state index is 0.515. The average Bonchev–Trinajstić information content (AvgIpc) is 2.50. The van der Waals surface area contributed by atoms with Gasteiger partial charge in [0.25, 0.3) is 0 Å². The highest BCUT2D eigenvalue weighted by atomic mass is 19.4. The topological polar surface area (TPSA) is 26.0 Å². The zero-order valence-electron chi connectivity index (χ0n) is 13.7. The van der Waals surface area contributed by atoms with E-state index in [0.717, 1.165) is 18.2 Å². The summed E-state index contributed by atoms with van der Waals surface area (Å²) in [6.45, 7) is 0. The van der Waals surface area contributed by atoms with Crippen molar-refractivity contribution in [3.05, 3.63) is 53.1 Å². The van der Waals surface area contributed by atoms with Gasteiger partial charge in [-0.1, -0.05) is 36.4 Å². The molecule has 0 radical (unpaired) electrons. The third-order valence-electron chi connectivity index (χ3n) is 4.23. The first-order chi connectivity index (χ1) is 12.8. The first kappa shape index (κ1) is 23.1. The zero-order valence-corrected chi connectivity index (χ0v) is 13.7. The lowest BCUT2D eigenvalue weighted by Crippen LogP contribution is -2.64. The highest BCUT2D eigenvalue weighted by molar-refractivity contribution is 5.83. The molecule has 0 amide bonds. The molecule has 0 heterocycles. The molecule has 162 valence electrons. The lowest BCUT2D eigenvalue weighted by atomic mass is 9.67. The Morgan fingerprint density at radius 1 is 0.724 bits per heavy atom. The molecular formula is C16H9F12N. The fraction of sp³-hybridized carbons (Fsp3) is 0.375. The molecule has 0 bridgehead atoms. The largest absolute Gasteiger partial charge is 0.417 e. The Kier molecular flexibility index (Phi) is 5.32. The Morgan fingerprint density at radius 3 is 1.55 bits per heavy atom. The molecule has 13 heteroatoms. The number of rotatable bonds is 1. The van der Waals surface area contributed by atoms with Crippen LogP contribution in [0.2, 0.25) is 0 Å². The van der Waals surface area contributed by atoms with Gasteiger partial charge in [-0.15, -0.1) is 0 Å². The number of allylic oxidation sites excluding steroid dienone is 2. The van der Waals surface area contributed by atoms with Gasteiger partial charge in [-0.3, -0.25) is 0 Å². The van der Waals surface area contributed by atoms with Crippen molar-refractivity contribution >= 4 is 5.57 Å². The van der Waals surface area contributed by atoms with Crippen molar-refractivity contribution in [2.45, 2.75) is 30.2 Å². The highest BCUT2D eigenvalue weighted by Gasteiger charge is 2.70. The zero-order chi connectivity index (χ0) is 22.6. The molecule has 1 nitrogen and oxygen atoms in total. The summed E-state index contributed by atoms with van der Waals surface area (Å²) in [6, 6.07) is 3.82. The van der Waals surface area contributed by atoms with Crippen molar-refractivity contribution in [1.82, 2.24) is 0 Å². The molecule has 29 heavy (non-hydrogen) atoms. The standard InChI is InChI=1S/C16H9F12N/c17-13(18,19)8-6-9(14(20,21)22)12(29,16(26,27)28)10(11(8)15(23,24)25)7-4-2-1-3-5-7/h1-6,9H,29H2. The van der Waals surface area contributed by atoms with Crippen molar-refractivity contribution < 1.29 is 52.7 Å². The van der Waals surface area contributed by atoms with Gasteiger partial charge in [0.15, 0.2) is 5.54 Å². The Bertz CT molecular complexity index is 823. The minimum atomic E-state index is -6.19. The molecule has 0 aromatic heterocycles. The molecule has 1 aliphatic rings. The number of nitrogens with two attached hydrogens (primary N) is 1. The van der Waals surface area contributed by atoms with E-state index in [2.05, 4.69) is 0 Å². The summed E-state index contributed by atoms with van der Waals surface area (Å²) >= 11 is 0. The van der Waals surface area contributed by atoms with E-state index in [0.29, 0.717) is 12.1 Å². The van der Waals surface area contributed by atoms with Crippen LogP contribution in [0.1, 0.15) is 5.56 Å². The molecule has 0 fully saturated rings. The fourth-order valence-corrected chi connectivity index (χ4v) is 3.07. The first-order valence-electron chi connectivity index (χ1n) is 7.42. The molecule has 2 atom stereocenters. The lowest BCUT2D eigenvalue weighted by molar-refractivity contribution is -0.238. The van der Waals surface area contributed by atoms with Gasteiger partial charge in [-0.25, -0.2) is 0 Å². The van der Waals surface area contributed by atoms with Crippen LogP contribution in [0.15, 0.2) is 47.6 Å². The van der Waals surface area contributed by atoms with Crippen molar-refractivity contribution in [2.24, 2.45) is 11.7 Å². The second-order valence-electron chi connectivity index (χ2n) is 6.08. The Labute approximate surface area is 154 Å². The van der Waals surface area contributed by atoms with Gasteiger partial charge >= 0.3 is 24.7 Å². The second-order valence-corrected chi connectivity index (χ2v) is 6.08. The summed E-state index contributed by atoms with van der Waals surface area (Å²) in [5, 5.41) is 0. The van der Waals surface area contributed by atoms with E-state index in [4.69, 9.17) is 5.73 Å². The van der Waals surface area contributed by atoms with E-state index in [9.17, 15) is 52.7 Å². The smallest absolute Gasteiger partial charge is 0.313 e. The van der Waals surface area contributed by atoms with Crippen LogP contribution in [0, 0.1) is 5.92 Å². The quantitative estimate of drug-likeness (QED) is 0.534. The van der Waals surface area contributed by atoms with Crippen molar-refractivity contribution in [3.8, 4) is 0 Å². The molecule has 0 saturated heterocycles. The van der Waals surface area contributed by atoms with E-state index < -0.39 is 64.5 Å². The van der Waals surface area contributed by atoms with Crippen LogP contribution >= 0.6 is 0 Å². The van der Waals surface area contributed by atoms with Crippen LogP contribution in [0.5, 0.6) is 0 Å². The SMILES string of the molecule is NC1(C(F)(F)F)C(c2ccccc2)=C(C(F)(F)F)C(C(F)(F)F)=CC1C(F)(F)F. The van der Waals surface area contributed by atoms with E-state index in [1.807, 2.05) is 0 Å². The van der Waals surface area contributed by atoms with Crippen LogP contribution in [0.25, 0.3) is 5.57 Å². The number of alkyl halides is 12. The maximum absolute atomic E-state index is 13.7. The number of halogens is 12.